The third kappa shape index (κ3) is 3.34. The van der Waals surface area contributed by atoms with Crippen LogP contribution in [0.25, 0.3) is 0 Å². The number of phenols is 1. The van der Waals surface area contributed by atoms with Gasteiger partial charge in [-0.25, -0.2) is 0 Å². The number of phenolic OH excluding ortho intramolecular Hbond substituents is 1. The number of aliphatic hydroxyl groups is 1. The minimum Gasteiger partial charge on any atom is -0.508 e. The van der Waals surface area contributed by atoms with Crippen LogP contribution in [0.2, 0.25) is 0 Å². The van der Waals surface area contributed by atoms with Crippen LogP contribution in [0.15, 0.2) is 54.6 Å². The predicted molar refractivity (Wildman–Crippen MR) is 74.0 cm³/mol. The topological polar surface area (TPSA) is 49.7 Å². The maximum Gasteiger partial charge on any atom is 0.118 e. The van der Waals surface area contributed by atoms with Gasteiger partial charge >= 0.3 is 0 Å². The van der Waals surface area contributed by atoms with Gasteiger partial charge in [0.25, 0.3) is 0 Å². The summed E-state index contributed by atoms with van der Waals surface area (Å²) in [4.78, 5) is 0. The molecule has 0 spiro atoms. The monoisotopic (exact) mass is 258 g/mol. The fourth-order valence-electron chi connectivity index (χ4n) is 2.09. The van der Waals surface area contributed by atoms with E-state index in [1.54, 1.807) is 19.2 Å². The van der Waals surface area contributed by atoms with E-state index < -0.39 is 12.2 Å². The summed E-state index contributed by atoms with van der Waals surface area (Å²) in [6, 6.07) is 16.5. The highest BCUT2D eigenvalue weighted by atomic mass is 16.5. The van der Waals surface area contributed by atoms with Gasteiger partial charge in [0.2, 0.25) is 0 Å². The third-order valence-corrected chi connectivity index (χ3v) is 3.21. The van der Waals surface area contributed by atoms with E-state index in [9.17, 15) is 10.2 Å². The maximum atomic E-state index is 10.3. The molecule has 3 nitrogen and oxygen atoms in total. The molecule has 0 aliphatic rings. The molecule has 2 rings (SSSR count). The highest BCUT2D eigenvalue weighted by molar-refractivity contribution is 5.32. The van der Waals surface area contributed by atoms with Gasteiger partial charge in [-0.2, -0.15) is 0 Å². The lowest BCUT2D eigenvalue weighted by molar-refractivity contribution is -0.0127. The molecule has 0 saturated carbocycles. The zero-order chi connectivity index (χ0) is 13.7. The van der Waals surface area contributed by atoms with Crippen molar-refractivity contribution in [3.05, 3.63) is 65.7 Å². The number of aromatic hydroxyl groups is 1. The molecule has 19 heavy (non-hydrogen) atoms. The van der Waals surface area contributed by atoms with Crippen LogP contribution in [-0.2, 0) is 11.2 Å². The van der Waals surface area contributed by atoms with Gasteiger partial charge in [-0.3, -0.25) is 0 Å². The smallest absolute Gasteiger partial charge is 0.118 e. The quantitative estimate of drug-likeness (QED) is 0.867. The van der Waals surface area contributed by atoms with Gasteiger partial charge in [0.1, 0.15) is 11.9 Å². The van der Waals surface area contributed by atoms with E-state index >= 15 is 0 Å². The first-order chi connectivity index (χ1) is 9.22. The molecule has 2 aromatic rings. The highest BCUT2D eigenvalue weighted by Gasteiger charge is 2.21. The summed E-state index contributed by atoms with van der Waals surface area (Å²) < 4.78 is 5.36. The lowest BCUT2D eigenvalue weighted by atomic mass is 9.98. The zero-order valence-corrected chi connectivity index (χ0v) is 10.9. The lowest BCUT2D eigenvalue weighted by Crippen LogP contribution is -2.23. The summed E-state index contributed by atoms with van der Waals surface area (Å²) in [5, 5.41) is 20.1. The van der Waals surface area contributed by atoms with Crippen molar-refractivity contribution in [2.75, 3.05) is 7.11 Å². The molecule has 0 fully saturated rings. The number of hydrogen-bond donors (Lipinski definition) is 2. The summed E-state index contributed by atoms with van der Waals surface area (Å²) in [5.41, 5.74) is 1.58. The Kier molecular flexibility index (Phi) is 4.55. The third-order valence-electron chi connectivity index (χ3n) is 3.21. The molecule has 2 aromatic carbocycles. The number of para-hydroxylation sites is 1. The van der Waals surface area contributed by atoms with Crippen molar-refractivity contribution in [1.29, 1.82) is 0 Å². The van der Waals surface area contributed by atoms with E-state index in [4.69, 9.17) is 4.74 Å². The highest BCUT2D eigenvalue weighted by Crippen LogP contribution is 2.25. The van der Waals surface area contributed by atoms with Gasteiger partial charge in [0.15, 0.2) is 0 Å². The van der Waals surface area contributed by atoms with Gasteiger partial charge in [-0.1, -0.05) is 48.5 Å². The molecule has 0 aromatic heterocycles. The van der Waals surface area contributed by atoms with E-state index in [0.717, 1.165) is 11.1 Å². The first kappa shape index (κ1) is 13.6. The van der Waals surface area contributed by atoms with E-state index in [1.165, 1.54) is 0 Å². The van der Waals surface area contributed by atoms with Gasteiger partial charge in [-0.05, 0) is 17.2 Å². The molecule has 100 valence electrons. The van der Waals surface area contributed by atoms with Crippen LogP contribution in [0.1, 0.15) is 17.2 Å². The Morgan fingerprint density at radius 2 is 1.63 bits per heavy atom. The largest absolute Gasteiger partial charge is 0.508 e. The molecule has 0 heterocycles. The van der Waals surface area contributed by atoms with Crippen LogP contribution in [0.3, 0.4) is 0 Å². The second kappa shape index (κ2) is 6.36. The molecule has 0 radical (unpaired) electrons. The molecular formula is C16H18O3. The Labute approximate surface area is 113 Å². The average molecular weight is 258 g/mol. The number of rotatable bonds is 5. The molecule has 2 atom stereocenters. The summed E-state index contributed by atoms with van der Waals surface area (Å²) >= 11 is 0. The number of methoxy groups -OCH3 is 1. The van der Waals surface area contributed by atoms with Gasteiger partial charge in [-0.15, -0.1) is 0 Å². The first-order valence-corrected chi connectivity index (χ1v) is 6.25. The second-order valence-corrected chi connectivity index (χ2v) is 4.46. The van der Waals surface area contributed by atoms with Gasteiger partial charge < -0.3 is 14.9 Å². The molecule has 3 heteroatoms. The van der Waals surface area contributed by atoms with Crippen molar-refractivity contribution in [3.63, 3.8) is 0 Å². The van der Waals surface area contributed by atoms with E-state index in [0.29, 0.717) is 6.42 Å². The van der Waals surface area contributed by atoms with Crippen molar-refractivity contribution >= 4 is 0 Å². The number of aliphatic hydroxyl groups excluding tert-OH is 1. The number of ether oxygens (including phenoxy) is 1. The van der Waals surface area contributed by atoms with Crippen LogP contribution >= 0.6 is 0 Å². The Hall–Kier alpha value is -1.84. The standard InChI is InChI=1S/C16H18O3/c1-19-15(11-13-9-5-6-10-14(13)17)16(18)12-7-3-2-4-8-12/h2-10,15-18H,11H2,1H3/t15-,16+/m0/s1. The minimum absolute atomic E-state index is 0.227. The molecule has 0 bridgehead atoms. The molecule has 0 unspecified atom stereocenters. The normalized spacial score (nSPS) is 14.0. The van der Waals surface area contributed by atoms with Crippen LogP contribution < -0.4 is 0 Å². The van der Waals surface area contributed by atoms with Crippen LogP contribution in [-0.4, -0.2) is 23.4 Å². The molecule has 0 saturated heterocycles. The summed E-state index contributed by atoms with van der Waals surface area (Å²) in [7, 11) is 1.57. The van der Waals surface area contributed by atoms with Crippen LogP contribution in [0.5, 0.6) is 5.75 Å². The van der Waals surface area contributed by atoms with E-state index in [-0.39, 0.29) is 5.75 Å². The Bertz CT molecular complexity index is 510. The Balaban J connectivity index is 2.15. The van der Waals surface area contributed by atoms with Crippen molar-refractivity contribution < 1.29 is 14.9 Å². The average Bonchev–Trinajstić information content (AvgIpc) is 2.47. The predicted octanol–water partition coefficient (Wildman–Crippen LogP) is 2.68. The summed E-state index contributed by atoms with van der Waals surface area (Å²) in [6.45, 7) is 0. The fraction of sp³-hybridized carbons (Fsp3) is 0.250. The van der Waals surface area contributed by atoms with Gasteiger partial charge in [0.05, 0.1) is 6.10 Å². The summed E-state index contributed by atoms with van der Waals surface area (Å²) in [6.07, 6.45) is -0.652. The fourth-order valence-corrected chi connectivity index (χ4v) is 2.09. The Morgan fingerprint density at radius 3 is 2.26 bits per heavy atom. The number of hydrogen-bond acceptors (Lipinski definition) is 3. The molecular weight excluding hydrogens is 240 g/mol. The molecule has 0 aliphatic carbocycles. The van der Waals surface area contributed by atoms with Crippen molar-refractivity contribution in [2.24, 2.45) is 0 Å². The zero-order valence-electron chi connectivity index (χ0n) is 10.9. The first-order valence-electron chi connectivity index (χ1n) is 6.25. The number of benzene rings is 2. The maximum absolute atomic E-state index is 10.3. The van der Waals surface area contributed by atoms with Crippen molar-refractivity contribution in [2.45, 2.75) is 18.6 Å². The van der Waals surface area contributed by atoms with E-state index in [1.807, 2.05) is 42.5 Å². The Morgan fingerprint density at radius 1 is 1.00 bits per heavy atom. The lowest BCUT2D eigenvalue weighted by Gasteiger charge is -2.22. The minimum atomic E-state index is -0.717. The summed E-state index contributed by atoms with van der Waals surface area (Å²) in [5.74, 6) is 0.227. The molecule has 2 N–H and O–H groups in total. The van der Waals surface area contributed by atoms with Crippen LogP contribution in [0.4, 0.5) is 0 Å². The van der Waals surface area contributed by atoms with Gasteiger partial charge in [0, 0.05) is 13.5 Å². The van der Waals surface area contributed by atoms with Crippen molar-refractivity contribution in [1.82, 2.24) is 0 Å². The second-order valence-electron chi connectivity index (χ2n) is 4.46. The van der Waals surface area contributed by atoms with Crippen LogP contribution in [0, 0.1) is 0 Å². The van der Waals surface area contributed by atoms with Crippen molar-refractivity contribution in [3.8, 4) is 5.75 Å². The molecule has 0 aliphatic heterocycles. The molecule has 0 amide bonds. The van der Waals surface area contributed by atoms with E-state index in [2.05, 4.69) is 0 Å². The SMILES string of the molecule is CO[C@@H](Cc1ccccc1O)[C@H](O)c1ccccc1.